The number of hydrogen-bond acceptors (Lipinski definition) is 2. The summed E-state index contributed by atoms with van der Waals surface area (Å²) in [6, 6.07) is 0. The van der Waals surface area contributed by atoms with Gasteiger partial charge in [0.25, 0.3) is 0 Å². The van der Waals surface area contributed by atoms with E-state index in [2.05, 4.69) is 59.9 Å². The molecule has 1 N–H and O–H groups in total. The topological polar surface area (TPSA) is 38.3 Å². The van der Waals surface area contributed by atoms with Crippen molar-refractivity contribution in [2.24, 2.45) is 52.3 Å². The van der Waals surface area contributed by atoms with Gasteiger partial charge < -0.3 is 10.1 Å². The minimum absolute atomic E-state index is 0.0522. The highest BCUT2D eigenvalue weighted by Gasteiger charge is 2.59. The van der Waals surface area contributed by atoms with Gasteiger partial charge in [-0.25, -0.2) is 4.79 Å². The van der Waals surface area contributed by atoms with Gasteiger partial charge in [-0.2, -0.15) is 0 Å². The van der Waals surface area contributed by atoms with Crippen molar-refractivity contribution >= 4 is 6.09 Å². The molecule has 4 aliphatic carbocycles. The lowest BCUT2D eigenvalue weighted by Gasteiger charge is -2.58. The van der Waals surface area contributed by atoms with E-state index < -0.39 is 0 Å². The van der Waals surface area contributed by atoms with E-state index in [0.717, 1.165) is 54.8 Å². The highest BCUT2D eigenvalue weighted by Crippen LogP contribution is 2.67. The number of nitrogens with one attached hydrogen (secondary N) is 1. The molecule has 8 atom stereocenters. The van der Waals surface area contributed by atoms with E-state index in [0.29, 0.717) is 23.3 Å². The first-order chi connectivity index (χ1) is 17.0. The van der Waals surface area contributed by atoms with Crippen LogP contribution < -0.4 is 5.32 Å². The summed E-state index contributed by atoms with van der Waals surface area (Å²) in [7, 11) is 0. The van der Waals surface area contributed by atoms with Gasteiger partial charge in [-0.05, 0) is 104 Å². The third kappa shape index (κ3) is 5.70. The molecule has 1 amide bonds. The van der Waals surface area contributed by atoms with Crippen LogP contribution in [0, 0.1) is 52.3 Å². The number of hydrogen-bond donors (Lipinski definition) is 1. The molecule has 0 saturated heterocycles. The molecule has 0 aromatic heterocycles. The molecule has 4 rings (SSSR count). The van der Waals surface area contributed by atoms with E-state index in [1.165, 1.54) is 57.8 Å². The monoisotopic (exact) mass is 499 g/mol. The fourth-order valence-corrected chi connectivity index (χ4v) is 9.41. The molecule has 3 saturated carbocycles. The van der Waals surface area contributed by atoms with Crippen molar-refractivity contribution in [2.75, 3.05) is 6.54 Å². The number of fused-ring (bicyclic) bond motifs is 5. The van der Waals surface area contributed by atoms with Crippen LogP contribution >= 0.6 is 0 Å². The predicted molar refractivity (Wildman–Crippen MR) is 151 cm³/mol. The Bertz CT molecular complexity index is 787. The van der Waals surface area contributed by atoms with Crippen molar-refractivity contribution in [1.29, 1.82) is 0 Å². The summed E-state index contributed by atoms with van der Waals surface area (Å²) in [4.78, 5) is 12.4. The predicted octanol–water partition coefficient (Wildman–Crippen LogP) is 9.17. The van der Waals surface area contributed by atoms with E-state index >= 15 is 0 Å². The van der Waals surface area contributed by atoms with Crippen molar-refractivity contribution in [1.82, 2.24) is 5.32 Å². The Kier molecular flexibility index (Phi) is 8.88. The summed E-state index contributed by atoms with van der Waals surface area (Å²) in [6.07, 6.45) is 17.8. The van der Waals surface area contributed by atoms with Crippen LogP contribution in [0.3, 0.4) is 0 Å². The molecule has 0 spiro atoms. The number of allylic oxidation sites excluding steroid dienone is 1. The zero-order chi connectivity index (χ0) is 26.1. The Hall–Kier alpha value is -0.990. The van der Waals surface area contributed by atoms with Crippen molar-refractivity contribution < 1.29 is 9.53 Å². The molecule has 206 valence electrons. The van der Waals surface area contributed by atoms with E-state index in [9.17, 15) is 4.79 Å². The van der Waals surface area contributed by atoms with Gasteiger partial charge in [-0.3, -0.25) is 0 Å². The van der Waals surface area contributed by atoms with Crippen LogP contribution in [0.1, 0.15) is 126 Å². The molecule has 5 unspecified atom stereocenters. The zero-order valence-electron chi connectivity index (χ0n) is 24.7. The molecule has 0 aromatic rings. The van der Waals surface area contributed by atoms with E-state index in [-0.39, 0.29) is 12.2 Å². The van der Waals surface area contributed by atoms with Crippen molar-refractivity contribution in [3.8, 4) is 0 Å². The second-order valence-corrected chi connectivity index (χ2v) is 14.7. The fourth-order valence-electron chi connectivity index (χ4n) is 9.41. The van der Waals surface area contributed by atoms with Crippen LogP contribution in [0.15, 0.2) is 11.6 Å². The van der Waals surface area contributed by atoms with Crippen molar-refractivity contribution in [3.05, 3.63) is 11.6 Å². The van der Waals surface area contributed by atoms with Crippen LogP contribution in [0.2, 0.25) is 0 Å². The quantitative estimate of drug-likeness (QED) is 0.321. The van der Waals surface area contributed by atoms with Crippen LogP contribution in [0.4, 0.5) is 4.79 Å². The van der Waals surface area contributed by atoms with Crippen molar-refractivity contribution in [3.63, 3.8) is 0 Å². The molecule has 4 aliphatic rings. The summed E-state index contributed by atoms with van der Waals surface area (Å²) in [5.41, 5.74) is 2.48. The molecule has 36 heavy (non-hydrogen) atoms. The first kappa shape index (κ1) is 28.0. The smallest absolute Gasteiger partial charge is 0.407 e. The van der Waals surface area contributed by atoms with Gasteiger partial charge >= 0.3 is 6.09 Å². The third-order valence-corrected chi connectivity index (χ3v) is 11.5. The van der Waals surface area contributed by atoms with Gasteiger partial charge in [-0.15, -0.1) is 0 Å². The minimum Gasteiger partial charge on any atom is -0.446 e. The summed E-state index contributed by atoms with van der Waals surface area (Å²) >= 11 is 0. The summed E-state index contributed by atoms with van der Waals surface area (Å²) < 4.78 is 5.88. The molecule has 0 aliphatic heterocycles. The first-order valence-corrected chi connectivity index (χ1v) is 15.7. The molecular weight excluding hydrogens is 442 g/mol. The number of carbonyl (C=O) groups excluding carboxylic acids is 1. The maximum Gasteiger partial charge on any atom is 0.407 e. The van der Waals surface area contributed by atoms with Crippen LogP contribution in [-0.2, 0) is 4.74 Å². The number of ether oxygens (including phenoxy) is 1. The molecule has 0 bridgehead atoms. The van der Waals surface area contributed by atoms with E-state index in [1.54, 1.807) is 5.57 Å². The molecule has 0 aromatic carbocycles. The lowest BCUT2D eigenvalue weighted by Crippen LogP contribution is -2.51. The molecular formula is C33H57NO2. The van der Waals surface area contributed by atoms with Gasteiger partial charge in [0.2, 0.25) is 0 Å². The summed E-state index contributed by atoms with van der Waals surface area (Å²) in [5, 5.41) is 2.97. The van der Waals surface area contributed by atoms with Crippen LogP contribution in [0.5, 0.6) is 0 Å². The van der Waals surface area contributed by atoms with Gasteiger partial charge in [0, 0.05) is 13.0 Å². The number of carbonyl (C=O) groups is 1. The SMILES string of the molecule is CC(C)CCCC(C)C1CCC2C3CC=C4C[C@H](OC(=O)NCCC(C)C)CC[C@@]4(C)C3CC[C@@]12C. The van der Waals surface area contributed by atoms with Gasteiger partial charge in [0.15, 0.2) is 0 Å². The fraction of sp³-hybridized carbons (Fsp3) is 0.909. The Labute approximate surface area is 223 Å². The summed E-state index contributed by atoms with van der Waals surface area (Å²) in [5.74, 6) is 5.83. The zero-order valence-corrected chi connectivity index (χ0v) is 24.7. The van der Waals surface area contributed by atoms with Gasteiger partial charge in [0.05, 0.1) is 0 Å². The number of rotatable bonds is 9. The molecule has 3 heteroatoms. The maximum atomic E-state index is 12.4. The molecule has 3 fully saturated rings. The Balaban J connectivity index is 1.37. The van der Waals surface area contributed by atoms with E-state index in [1.807, 2.05) is 0 Å². The summed E-state index contributed by atoms with van der Waals surface area (Å²) in [6.45, 7) is 17.7. The lowest BCUT2D eigenvalue weighted by atomic mass is 9.47. The Morgan fingerprint density at radius 3 is 2.44 bits per heavy atom. The van der Waals surface area contributed by atoms with Gasteiger partial charge in [0.1, 0.15) is 6.10 Å². The molecule has 0 radical (unpaired) electrons. The number of amides is 1. The standard InChI is InChI=1S/C33H57NO2/c1-22(2)9-8-10-24(5)28-13-14-29-27-12-11-25-21-26(36-31(35)34-20-17-23(3)4)15-18-32(25,6)30(27)16-19-33(28,29)7/h11,22-24,26-30H,8-10,12-21H2,1-7H3,(H,34,35)/t24?,26-,27?,28?,29?,30?,32-,33+/m1/s1. The largest absolute Gasteiger partial charge is 0.446 e. The van der Waals surface area contributed by atoms with Crippen LogP contribution in [0.25, 0.3) is 0 Å². The molecule has 3 nitrogen and oxygen atoms in total. The highest BCUT2D eigenvalue weighted by molar-refractivity contribution is 5.67. The highest BCUT2D eigenvalue weighted by atomic mass is 16.6. The minimum atomic E-state index is -0.216. The first-order valence-electron chi connectivity index (χ1n) is 15.7. The average molecular weight is 500 g/mol. The Morgan fingerprint density at radius 1 is 0.972 bits per heavy atom. The van der Waals surface area contributed by atoms with E-state index in [4.69, 9.17) is 4.74 Å². The second kappa shape index (κ2) is 11.4. The third-order valence-electron chi connectivity index (χ3n) is 11.5. The average Bonchev–Trinajstić information content (AvgIpc) is 3.16. The molecule has 0 heterocycles. The van der Waals surface area contributed by atoms with Crippen molar-refractivity contribution in [2.45, 2.75) is 132 Å². The Morgan fingerprint density at radius 2 is 1.72 bits per heavy atom. The normalized spacial score (nSPS) is 38.7. The number of alkyl carbamates (subject to hydrolysis) is 1. The lowest BCUT2D eigenvalue weighted by molar-refractivity contribution is -0.0581. The van der Waals surface area contributed by atoms with Crippen LogP contribution in [-0.4, -0.2) is 18.7 Å². The van der Waals surface area contributed by atoms with Gasteiger partial charge in [-0.1, -0.05) is 79.4 Å². The maximum absolute atomic E-state index is 12.4. The second-order valence-electron chi connectivity index (χ2n) is 14.7.